The lowest BCUT2D eigenvalue weighted by Crippen LogP contribution is -2.56. The largest absolute Gasteiger partial charge is 0.324 e. The van der Waals surface area contributed by atoms with Gasteiger partial charge in [0.05, 0.1) is 12.1 Å². The molecule has 1 aliphatic rings. The van der Waals surface area contributed by atoms with Crippen LogP contribution < -0.4 is 10.6 Å². The van der Waals surface area contributed by atoms with Gasteiger partial charge in [-0.05, 0) is 82.2 Å². The molecule has 166 valence electrons. The minimum absolute atomic E-state index is 0.0181. The summed E-state index contributed by atoms with van der Waals surface area (Å²) < 4.78 is 0. The van der Waals surface area contributed by atoms with Crippen LogP contribution in [0.3, 0.4) is 0 Å². The van der Waals surface area contributed by atoms with Crippen LogP contribution in [-0.4, -0.2) is 35.3 Å². The van der Waals surface area contributed by atoms with Gasteiger partial charge in [-0.2, -0.15) is 0 Å². The third kappa shape index (κ3) is 5.16. The number of benzene rings is 2. The van der Waals surface area contributed by atoms with Crippen LogP contribution in [0.2, 0.25) is 0 Å². The molecular formula is C26H35N3O2. The van der Waals surface area contributed by atoms with E-state index in [2.05, 4.69) is 22.5 Å². The fourth-order valence-corrected chi connectivity index (χ4v) is 4.62. The minimum atomic E-state index is -0.304. The maximum absolute atomic E-state index is 13.3. The zero-order chi connectivity index (χ0) is 22.5. The standard InChI is InChI=1S/C26H35N3O2/c1-6-16-29-21(25(30)27-23-17(2)10-7-11-18(23)3)14-9-15-22(29)26(31)28-24-19(4)12-8-13-20(24)5/h7-8,10-13,21-22H,6,9,14-16H2,1-5H3,(H,27,30)(H,28,31)/t21-,22+. The molecule has 0 aliphatic carbocycles. The van der Waals surface area contributed by atoms with Gasteiger partial charge in [-0.1, -0.05) is 43.3 Å². The van der Waals surface area contributed by atoms with E-state index in [4.69, 9.17) is 0 Å². The van der Waals surface area contributed by atoms with Crippen molar-refractivity contribution in [2.24, 2.45) is 0 Å². The third-order valence-corrected chi connectivity index (χ3v) is 6.30. The first kappa shape index (κ1) is 23.0. The Hall–Kier alpha value is -2.66. The Bertz CT molecular complexity index is 840. The van der Waals surface area contributed by atoms with Crippen molar-refractivity contribution in [3.05, 3.63) is 58.7 Å². The normalized spacial score (nSPS) is 19.1. The van der Waals surface area contributed by atoms with Crippen molar-refractivity contribution in [3.63, 3.8) is 0 Å². The maximum atomic E-state index is 13.3. The molecule has 1 aliphatic heterocycles. The summed E-state index contributed by atoms with van der Waals surface area (Å²) in [5, 5.41) is 6.30. The Labute approximate surface area is 186 Å². The van der Waals surface area contributed by atoms with E-state index in [1.54, 1.807) is 0 Å². The Morgan fingerprint density at radius 3 is 1.55 bits per heavy atom. The number of aryl methyl sites for hydroxylation is 4. The van der Waals surface area contributed by atoms with Crippen molar-refractivity contribution < 1.29 is 9.59 Å². The first-order chi connectivity index (χ1) is 14.8. The predicted octanol–water partition coefficient (Wildman–Crippen LogP) is 5.13. The number of hydrogen-bond donors (Lipinski definition) is 2. The molecule has 1 heterocycles. The predicted molar refractivity (Wildman–Crippen MR) is 128 cm³/mol. The molecule has 1 saturated heterocycles. The minimum Gasteiger partial charge on any atom is -0.324 e. The van der Waals surface area contributed by atoms with Crippen molar-refractivity contribution in [3.8, 4) is 0 Å². The van der Waals surface area contributed by atoms with E-state index in [0.29, 0.717) is 0 Å². The van der Waals surface area contributed by atoms with E-state index >= 15 is 0 Å². The summed E-state index contributed by atoms with van der Waals surface area (Å²) in [6.45, 7) is 10.8. The molecule has 0 saturated carbocycles. The number of anilines is 2. The van der Waals surface area contributed by atoms with E-state index in [0.717, 1.165) is 65.9 Å². The first-order valence-electron chi connectivity index (χ1n) is 11.3. The Morgan fingerprint density at radius 1 is 0.806 bits per heavy atom. The van der Waals surface area contributed by atoms with Gasteiger partial charge >= 0.3 is 0 Å². The van der Waals surface area contributed by atoms with E-state index in [1.807, 2.05) is 64.1 Å². The van der Waals surface area contributed by atoms with Crippen molar-refractivity contribution in [2.45, 2.75) is 72.4 Å². The second-order valence-electron chi connectivity index (χ2n) is 8.71. The number of rotatable bonds is 6. The Balaban J connectivity index is 1.81. The van der Waals surface area contributed by atoms with Crippen LogP contribution in [0.1, 0.15) is 54.9 Å². The van der Waals surface area contributed by atoms with Gasteiger partial charge in [0, 0.05) is 11.4 Å². The monoisotopic (exact) mass is 421 g/mol. The summed E-state index contributed by atoms with van der Waals surface area (Å²) in [5.74, 6) is -0.0363. The highest BCUT2D eigenvalue weighted by Crippen LogP contribution is 2.28. The highest BCUT2D eigenvalue weighted by molar-refractivity contribution is 5.99. The number of likely N-dealkylation sites (tertiary alicyclic amines) is 1. The number of carbonyl (C=O) groups is 2. The molecule has 3 rings (SSSR count). The summed E-state index contributed by atoms with van der Waals surface area (Å²) >= 11 is 0. The number of piperidine rings is 1. The second-order valence-corrected chi connectivity index (χ2v) is 8.71. The molecule has 0 aromatic heterocycles. The van der Waals surface area contributed by atoms with Crippen molar-refractivity contribution in [1.29, 1.82) is 0 Å². The molecule has 0 bridgehead atoms. The molecular weight excluding hydrogens is 386 g/mol. The highest BCUT2D eigenvalue weighted by atomic mass is 16.2. The molecule has 1 fully saturated rings. The molecule has 2 aromatic rings. The molecule has 2 N–H and O–H groups in total. The van der Waals surface area contributed by atoms with Gasteiger partial charge in [0.2, 0.25) is 11.8 Å². The smallest absolute Gasteiger partial charge is 0.241 e. The topological polar surface area (TPSA) is 61.4 Å². The van der Waals surface area contributed by atoms with Gasteiger partial charge in [-0.15, -0.1) is 0 Å². The average molecular weight is 422 g/mol. The lowest BCUT2D eigenvalue weighted by molar-refractivity contribution is -0.129. The molecule has 5 heteroatoms. The molecule has 0 radical (unpaired) electrons. The third-order valence-electron chi connectivity index (χ3n) is 6.30. The number of amides is 2. The summed E-state index contributed by atoms with van der Waals surface area (Å²) in [4.78, 5) is 28.7. The summed E-state index contributed by atoms with van der Waals surface area (Å²) in [6, 6.07) is 11.4. The molecule has 2 atom stereocenters. The van der Waals surface area contributed by atoms with Crippen molar-refractivity contribution in [1.82, 2.24) is 4.90 Å². The van der Waals surface area contributed by atoms with Crippen LogP contribution >= 0.6 is 0 Å². The summed E-state index contributed by atoms with van der Waals surface area (Å²) in [7, 11) is 0. The summed E-state index contributed by atoms with van der Waals surface area (Å²) in [6.07, 6.45) is 3.28. The fourth-order valence-electron chi connectivity index (χ4n) is 4.62. The van der Waals surface area contributed by atoms with Gasteiger partial charge in [0.1, 0.15) is 0 Å². The Kier molecular flexibility index (Phi) is 7.50. The van der Waals surface area contributed by atoms with Crippen molar-refractivity contribution >= 4 is 23.2 Å². The van der Waals surface area contributed by atoms with Gasteiger partial charge in [0.25, 0.3) is 0 Å². The fraction of sp³-hybridized carbons (Fsp3) is 0.462. The van der Waals surface area contributed by atoms with Crippen LogP contribution in [0.15, 0.2) is 36.4 Å². The highest BCUT2D eigenvalue weighted by Gasteiger charge is 2.38. The number of carbonyl (C=O) groups excluding carboxylic acids is 2. The van der Waals surface area contributed by atoms with Gasteiger partial charge in [0.15, 0.2) is 0 Å². The molecule has 2 amide bonds. The van der Waals surface area contributed by atoms with Crippen LogP contribution in [-0.2, 0) is 9.59 Å². The number of para-hydroxylation sites is 2. The quantitative estimate of drug-likeness (QED) is 0.680. The van der Waals surface area contributed by atoms with Gasteiger partial charge in [-0.25, -0.2) is 0 Å². The van der Waals surface area contributed by atoms with Gasteiger partial charge in [-0.3, -0.25) is 14.5 Å². The number of nitrogens with one attached hydrogen (secondary N) is 2. The molecule has 2 aromatic carbocycles. The SMILES string of the molecule is CCCN1[C@@H](C(=O)Nc2c(C)cccc2C)CCC[C@H]1C(=O)Nc1c(C)cccc1C. The van der Waals surface area contributed by atoms with Crippen LogP contribution in [0.5, 0.6) is 0 Å². The second kappa shape index (κ2) is 10.1. The molecule has 31 heavy (non-hydrogen) atoms. The Morgan fingerprint density at radius 2 is 1.19 bits per heavy atom. The number of hydrogen-bond acceptors (Lipinski definition) is 3. The first-order valence-corrected chi connectivity index (χ1v) is 11.3. The lowest BCUT2D eigenvalue weighted by atomic mass is 9.93. The maximum Gasteiger partial charge on any atom is 0.241 e. The van der Waals surface area contributed by atoms with Crippen LogP contribution in [0.4, 0.5) is 11.4 Å². The van der Waals surface area contributed by atoms with E-state index in [-0.39, 0.29) is 23.9 Å². The van der Waals surface area contributed by atoms with Gasteiger partial charge < -0.3 is 10.6 Å². The number of nitrogens with zero attached hydrogens (tertiary/aromatic N) is 1. The van der Waals surface area contributed by atoms with E-state index in [9.17, 15) is 9.59 Å². The van der Waals surface area contributed by atoms with E-state index in [1.165, 1.54) is 0 Å². The average Bonchev–Trinajstić information content (AvgIpc) is 2.73. The van der Waals surface area contributed by atoms with Crippen molar-refractivity contribution in [2.75, 3.05) is 17.2 Å². The van der Waals surface area contributed by atoms with Crippen LogP contribution in [0.25, 0.3) is 0 Å². The van der Waals surface area contributed by atoms with E-state index < -0.39 is 0 Å². The lowest BCUT2D eigenvalue weighted by Gasteiger charge is -2.40. The molecule has 0 unspecified atom stereocenters. The zero-order valence-electron chi connectivity index (χ0n) is 19.4. The zero-order valence-corrected chi connectivity index (χ0v) is 19.4. The summed E-state index contributed by atoms with van der Waals surface area (Å²) in [5.41, 5.74) is 5.97. The molecule has 0 spiro atoms. The molecule has 5 nitrogen and oxygen atoms in total. The van der Waals surface area contributed by atoms with Crippen LogP contribution in [0, 0.1) is 27.7 Å².